The van der Waals surface area contributed by atoms with Crippen LogP contribution in [0.2, 0.25) is 0 Å². The van der Waals surface area contributed by atoms with E-state index in [-0.39, 0.29) is 0 Å². The maximum atomic E-state index is 4.41. The molecule has 0 aromatic carbocycles. The van der Waals surface area contributed by atoms with Gasteiger partial charge in [-0.25, -0.2) is 0 Å². The number of rotatable bonds is 8. The molecule has 1 aromatic heterocycles. The van der Waals surface area contributed by atoms with Crippen LogP contribution in [0.3, 0.4) is 0 Å². The zero-order valence-electron chi connectivity index (χ0n) is 13.3. The van der Waals surface area contributed by atoms with Crippen molar-refractivity contribution in [1.82, 2.24) is 9.88 Å². The Bertz CT molecular complexity index is 322. The SMILES string of the molecule is CC(C)CC(CC(C)C)N(C)CCc1ccccn1. The molecule has 1 aromatic rings. The molecule has 108 valence electrons. The van der Waals surface area contributed by atoms with Gasteiger partial charge in [0.15, 0.2) is 0 Å². The van der Waals surface area contributed by atoms with Crippen LogP contribution < -0.4 is 0 Å². The average Bonchev–Trinajstić information content (AvgIpc) is 2.35. The Morgan fingerprint density at radius 2 is 1.68 bits per heavy atom. The zero-order valence-corrected chi connectivity index (χ0v) is 13.3. The standard InChI is InChI=1S/C17H30N2/c1-14(2)12-17(13-15(3)4)19(5)11-9-16-8-6-7-10-18-16/h6-8,10,14-15,17H,9,11-13H2,1-5H3. The van der Waals surface area contributed by atoms with E-state index in [0.717, 1.165) is 24.8 Å². The van der Waals surface area contributed by atoms with Crippen molar-refractivity contribution in [2.24, 2.45) is 11.8 Å². The van der Waals surface area contributed by atoms with E-state index in [1.54, 1.807) is 0 Å². The van der Waals surface area contributed by atoms with Crippen molar-refractivity contribution in [1.29, 1.82) is 0 Å². The largest absolute Gasteiger partial charge is 0.303 e. The van der Waals surface area contributed by atoms with Crippen LogP contribution in [0.1, 0.15) is 46.2 Å². The molecule has 0 aliphatic rings. The summed E-state index contributed by atoms with van der Waals surface area (Å²) in [5, 5.41) is 0. The Morgan fingerprint density at radius 1 is 1.05 bits per heavy atom. The third kappa shape index (κ3) is 6.72. The van der Waals surface area contributed by atoms with E-state index in [4.69, 9.17) is 0 Å². The maximum absolute atomic E-state index is 4.41. The monoisotopic (exact) mass is 262 g/mol. The van der Waals surface area contributed by atoms with E-state index in [2.05, 4.69) is 56.8 Å². The lowest BCUT2D eigenvalue weighted by Crippen LogP contribution is -2.35. The molecule has 0 radical (unpaired) electrons. The highest BCUT2D eigenvalue weighted by atomic mass is 15.1. The Morgan fingerprint density at radius 3 is 2.16 bits per heavy atom. The summed E-state index contributed by atoms with van der Waals surface area (Å²) < 4.78 is 0. The summed E-state index contributed by atoms with van der Waals surface area (Å²) in [6, 6.07) is 6.87. The van der Waals surface area contributed by atoms with Crippen LogP contribution in [0.4, 0.5) is 0 Å². The Labute approximate surface area is 119 Å². The van der Waals surface area contributed by atoms with E-state index in [9.17, 15) is 0 Å². The summed E-state index contributed by atoms with van der Waals surface area (Å²) >= 11 is 0. The molecule has 0 N–H and O–H groups in total. The van der Waals surface area contributed by atoms with Gasteiger partial charge in [-0.3, -0.25) is 4.98 Å². The van der Waals surface area contributed by atoms with E-state index in [1.165, 1.54) is 18.5 Å². The fourth-order valence-corrected chi connectivity index (χ4v) is 2.56. The molecule has 2 heteroatoms. The first kappa shape index (κ1) is 16.2. The van der Waals surface area contributed by atoms with Crippen molar-refractivity contribution in [3.8, 4) is 0 Å². The highest BCUT2D eigenvalue weighted by Gasteiger charge is 2.17. The molecular formula is C17H30N2. The molecule has 0 bridgehead atoms. The molecule has 0 spiro atoms. The van der Waals surface area contributed by atoms with Crippen molar-refractivity contribution < 1.29 is 0 Å². The van der Waals surface area contributed by atoms with Gasteiger partial charge in [0.05, 0.1) is 0 Å². The van der Waals surface area contributed by atoms with E-state index in [1.807, 2.05) is 12.3 Å². The third-order valence-electron chi connectivity index (χ3n) is 3.56. The van der Waals surface area contributed by atoms with Gasteiger partial charge < -0.3 is 4.90 Å². The van der Waals surface area contributed by atoms with Crippen LogP contribution in [-0.2, 0) is 6.42 Å². The molecule has 0 aliphatic carbocycles. The fraction of sp³-hybridized carbons (Fsp3) is 0.706. The normalized spacial score (nSPS) is 12.1. The van der Waals surface area contributed by atoms with Crippen LogP contribution in [0.15, 0.2) is 24.4 Å². The Hall–Kier alpha value is -0.890. The van der Waals surface area contributed by atoms with Crippen molar-refractivity contribution in [3.63, 3.8) is 0 Å². The lowest BCUT2D eigenvalue weighted by molar-refractivity contribution is 0.188. The van der Waals surface area contributed by atoms with Gasteiger partial charge in [0.1, 0.15) is 0 Å². The van der Waals surface area contributed by atoms with Crippen LogP contribution in [0, 0.1) is 11.8 Å². The van der Waals surface area contributed by atoms with Crippen molar-refractivity contribution in [2.75, 3.05) is 13.6 Å². The van der Waals surface area contributed by atoms with Gasteiger partial charge in [-0.2, -0.15) is 0 Å². The van der Waals surface area contributed by atoms with Crippen LogP contribution in [0.25, 0.3) is 0 Å². The molecule has 2 nitrogen and oxygen atoms in total. The molecule has 0 saturated carbocycles. The highest BCUT2D eigenvalue weighted by molar-refractivity contribution is 5.03. The number of nitrogens with zero attached hydrogens (tertiary/aromatic N) is 2. The van der Waals surface area contributed by atoms with Crippen molar-refractivity contribution in [2.45, 2.75) is 53.0 Å². The van der Waals surface area contributed by atoms with E-state index >= 15 is 0 Å². The second-order valence-electron chi connectivity index (χ2n) is 6.46. The summed E-state index contributed by atoms with van der Waals surface area (Å²) in [6.45, 7) is 10.4. The summed E-state index contributed by atoms with van der Waals surface area (Å²) in [5.41, 5.74) is 1.20. The van der Waals surface area contributed by atoms with Crippen molar-refractivity contribution >= 4 is 0 Å². The predicted octanol–water partition coefficient (Wildman–Crippen LogP) is 4.02. The first-order chi connectivity index (χ1) is 8.99. The molecule has 0 atom stereocenters. The van der Waals surface area contributed by atoms with Gasteiger partial charge in [-0.1, -0.05) is 33.8 Å². The van der Waals surface area contributed by atoms with Gasteiger partial charge in [0.25, 0.3) is 0 Å². The van der Waals surface area contributed by atoms with E-state index in [0.29, 0.717) is 6.04 Å². The second kappa shape index (κ2) is 8.31. The molecule has 1 heterocycles. The van der Waals surface area contributed by atoms with E-state index < -0.39 is 0 Å². The topological polar surface area (TPSA) is 16.1 Å². The van der Waals surface area contributed by atoms with Crippen molar-refractivity contribution in [3.05, 3.63) is 30.1 Å². The minimum absolute atomic E-state index is 0.698. The summed E-state index contributed by atoms with van der Waals surface area (Å²) in [4.78, 5) is 6.93. The molecule has 0 saturated heterocycles. The first-order valence-corrected chi connectivity index (χ1v) is 7.59. The minimum Gasteiger partial charge on any atom is -0.303 e. The predicted molar refractivity (Wildman–Crippen MR) is 83.3 cm³/mol. The molecule has 0 amide bonds. The van der Waals surface area contributed by atoms with Gasteiger partial charge in [-0.15, -0.1) is 0 Å². The summed E-state index contributed by atoms with van der Waals surface area (Å²) in [5.74, 6) is 1.53. The van der Waals surface area contributed by atoms with Gasteiger partial charge >= 0.3 is 0 Å². The van der Waals surface area contributed by atoms with Gasteiger partial charge in [0, 0.05) is 30.9 Å². The fourth-order valence-electron chi connectivity index (χ4n) is 2.56. The number of likely N-dealkylation sites (N-methyl/N-ethyl adjacent to an activating group) is 1. The number of hydrogen-bond acceptors (Lipinski definition) is 2. The lowest BCUT2D eigenvalue weighted by Gasteiger charge is -2.30. The van der Waals surface area contributed by atoms with Gasteiger partial charge in [-0.05, 0) is 43.9 Å². The molecule has 19 heavy (non-hydrogen) atoms. The number of hydrogen-bond donors (Lipinski definition) is 0. The van der Waals surface area contributed by atoms with Crippen LogP contribution in [-0.4, -0.2) is 29.5 Å². The first-order valence-electron chi connectivity index (χ1n) is 7.59. The molecule has 0 aliphatic heterocycles. The smallest absolute Gasteiger partial charge is 0.0416 e. The summed E-state index contributed by atoms with van der Waals surface area (Å²) in [7, 11) is 2.26. The zero-order chi connectivity index (χ0) is 14.3. The Kier molecular flexibility index (Phi) is 7.07. The quantitative estimate of drug-likeness (QED) is 0.703. The van der Waals surface area contributed by atoms with Gasteiger partial charge in [0.2, 0.25) is 0 Å². The second-order valence-corrected chi connectivity index (χ2v) is 6.46. The number of aromatic nitrogens is 1. The Balaban J connectivity index is 2.48. The van der Waals surface area contributed by atoms with Crippen LogP contribution in [0.5, 0.6) is 0 Å². The number of pyridine rings is 1. The molecular weight excluding hydrogens is 232 g/mol. The lowest BCUT2D eigenvalue weighted by atomic mass is 9.94. The van der Waals surface area contributed by atoms with Crippen LogP contribution >= 0.6 is 0 Å². The average molecular weight is 262 g/mol. The molecule has 1 rings (SSSR count). The third-order valence-corrected chi connectivity index (χ3v) is 3.56. The highest BCUT2D eigenvalue weighted by Crippen LogP contribution is 2.18. The minimum atomic E-state index is 0.698. The summed E-state index contributed by atoms with van der Waals surface area (Å²) in [6.07, 6.45) is 5.51. The molecule has 0 unspecified atom stereocenters. The molecule has 0 fully saturated rings. The maximum Gasteiger partial charge on any atom is 0.0416 e.